The summed E-state index contributed by atoms with van der Waals surface area (Å²) in [6.45, 7) is 2.89. The molecule has 1 saturated heterocycles. The lowest BCUT2D eigenvalue weighted by molar-refractivity contribution is 0.208. The van der Waals surface area contributed by atoms with Gasteiger partial charge in [0.1, 0.15) is 17.2 Å². The summed E-state index contributed by atoms with van der Waals surface area (Å²) >= 11 is 0. The molecule has 4 rings (SSSR count). The van der Waals surface area contributed by atoms with E-state index >= 15 is 0 Å². The van der Waals surface area contributed by atoms with Gasteiger partial charge in [-0.3, -0.25) is 0 Å². The summed E-state index contributed by atoms with van der Waals surface area (Å²) in [6, 6.07) is 24.9. The van der Waals surface area contributed by atoms with Crippen LogP contribution in [0.2, 0.25) is 0 Å². The van der Waals surface area contributed by atoms with Gasteiger partial charge in [-0.15, -0.1) is 0 Å². The number of carbonyl (C=O) groups is 1. The van der Waals surface area contributed by atoms with Crippen LogP contribution in [-0.2, 0) is 0 Å². The number of benzene rings is 3. The molecule has 6 nitrogen and oxygen atoms in total. The van der Waals surface area contributed by atoms with E-state index in [1.165, 1.54) is 0 Å². The number of carbonyl (C=O) groups excluding carboxylic acids is 1. The number of para-hydroxylation sites is 1. The van der Waals surface area contributed by atoms with E-state index in [0.717, 1.165) is 41.7 Å². The Hall–Kier alpha value is -3.67. The van der Waals surface area contributed by atoms with Crippen LogP contribution in [0.15, 0.2) is 78.9 Å². The third-order valence-corrected chi connectivity index (χ3v) is 5.07. The molecule has 1 fully saturated rings. The van der Waals surface area contributed by atoms with Crippen molar-refractivity contribution in [2.24, 2.45) is 0 Å². The average molecular weight is 403 g/mol. The predicted molar refractivity (Wildman–Crippen MR) is 119 cm³/mol. The molecule has 0 spiro atoms. The molecule has 1 heterocycles. The van der Waals surface area contributed by atoms with Gasteiger partial charge >= 0.3 is 6.03 Å². The zero-order valence-corrected chi connectivity index (χ0v) is 17.0. The molecule has 0 atom stereocenters. The number of nitrogens with zero attached hydrogens (tertiary/aromatic N) is 2. The lowest BCUT2D eigenvalue weighted by Gasteiger charge is -2.36. The van der Waals surface area contributed by atoms with Gasteiger partial charge in [0.25, 0.3) is 0 Å². The molecule has 0 radical (unpaired) electrons. The zero-order valence-electron chi connectivity index (χ0n) is 17.0. The Labute approximate surface area is 176 Å². The fourth-order valence-corrected chi connectivity index (χ4v) is 3.41. The normalized spacial score (nSPS) is 13.6. The van der Waals surface area contributed by atoms with Crippen molar-refractivity contribution in [3.05, 3.63) is 78.9 Å². The van der Waals surface area contributed by atoms with Crippen LogP contribution in [0.25, 0.3) is 0 Å². The second kappa shape index (κ2) is 9.22. The third-order valence-electron chi connectivity index (χ3n) is 5.07. The zero-order chi connectivity index (χ0) is 20.8. The lowest BCUT2D eigenvalue weighted by atomic mass is 10.2. The predicted octanol–water partition coefficient (Wildman–Crippen LogP) is 4.84. The minimum atomic E-state index is -0.0861. The first-order chi connectivity index (χ1) is 14.7. The van der Waals surface area contributed by atoms with E-state index in [0.29, 0.717) is 13.1 Å². The van der Waals surface area contributed by atoms with Crippen LogP contribution < -0.4 is 19.7 Å². The van der Waals surface area contributed by atoms with Crippen LogP contribution in [0, 0.1) is 0 Å². The number of rotatable bonds is 5. The molecule has 154 valence electrons. The highest BCUT2D eigenvalue weighted by Crippen LogP contribution is 2.24. The molecule has 0 unspecified atom stereocenters. The van der Waals surface area contributed by atoms with Crippen molar-refractivity contribution < 1.29 is 14.3 Å². The highest BCUT2D eigenvalue weighted by molar-refractivity contribution is 5.89. The Balaban J connectivity index is 1.29. The van der Waals surface area contributed by atoms with Gasteiger partial charge in [0.2, 0.25) is 0 Å². The molecule has 6 heteroatoms. The molecule has 0 saturated carbocycles. The van der Waals surface area contributed by atoms with E-state index in [1.54, 1.807) is 7.11 Å². The van der Waals surface area contributed by atoms with Gasteiger partial charge in [-0.1, -0.05) is 24.3 Å². The van der Waals surface area contributed by atoms with E-state index in [9.17, 15) is 4.79 Å². The van der Waals surface area contributed by atoms with E-state index in [-0.39, 0.29) is 6.03 Å². The molecular weight excluding hydrogens is 378 g/mol. The minimum Gasteiger partial charge on any atom is -0.497 e. The molecule has 0 bridgehead atoms. The van der Waals surface area contributed by atoms with Gasteiger partial charge in [0.05, 0.1) is 7.11 Å². The number of nitrogens with one attached hydrogen (secondary N) is 1. The highest BCUT2D eigenvalue weighted by atomic mass is 16.5. The van der Waals surface area contributed by atoms with Crippen LogP contribution >= 0.6 is 0 Å². The second-order valence-corrected chi connectivity index (χ2v) is 7.05. The molecule has 2 amide bonds. The Morgan fingerprint density at radius 2 is 1.47 bits per heavy atom. The summed E-state index contributed by atoms with van der Waals surface area (Å²) in [6.07, 6.45) is 0. The van der Waals surface area contributed by atoms with Crippen molar-refractivity contribution in [3.63, 3.8) is 0 Å². The summed E-state index contributed by atoms with van der Waals surface area (Å²) in [5.41, 5.74) is 1.86. The molecule has 30 heavy (non-hydrogen) atoms. The van der Waals surface area contributed by atoms with Crippen molar-refractivity contribution in [3.8, 4) is 17.2 Å². The Kier molecular flexibility index (Phi) is 6.03. The maximum Gasteiger partial charge on any atom is 0.321 e. The number of amides is 2. The van der Waals surface area contributed by atoms with Gasteiger partial charge in [-0.05, 0) is 48.5 Å². The fourth-order valence-electron chi connectivity index (χ4n) is 3.41. The smallest absolute Gasteiger partial charge is 0.321 e. The van der Waals surface area contributed by atoms with Gasteiger partial charge < -0.3 is 24.6 Å². The Morgan fingerprint density at radius 1 is 0.800 bits per heavy atom. The van der Waals surface area contributed by atoms with Crippen molar-refractivity contribution in [2.45, 2.75) is 0 Å². The van der Waals surface area contributed by atoms with E-state index < -0.39 is 0 Å². The molecule has 1 aliphatic heterocycles. The standard InChI is InChI=1S/C24H25N3O3/c1-29-23-9-5-6-20(18-23)26-14-16-27(17-15-26)24(28)25-19-10-12-22(13-11-19)30-21-7-3-2-4-8-21/h2-13,18H,14-17H2,1H3,(H,25,28). The number of ether oxygens (including phenoxy) is 2. The fraction of sp³-hybridized carbons (Fsp3) is 0.208. The van der Waals surface area contributed by atoms with Crippen LogP contribution in [-0.4, -0.2) is 44.2 Å². The number of methoxy groups -OCH3 is 1. The first-order valence-electron chi connectivity index (χ1n) is 9.99. The van der Waals surface area contributed by atoms with Crippen molar-refractivity contribution >= 4 is 17.4 Å². The maximum atomic E-state index is 12.6. The molecule has 0 aromatic heterocycles. The third kappa shape index (κ3) is 4.84. The summed E-state index contributed by atoms with van der Waals surface area (Å²) in [5, 5.41) is 2.97. The highest BCUT2D eigenvalue weighted by Gasteiger charge is 2.21. The van der Waals surface area contributed by atoms with E-state index in [1.807, 2.05) is 77.7 Å². The largest absolute Gasteiger partial charge is 0.497 e. The first kappa shape index (κ1) is 19.6. The summed E-state index contributed by atoms with van der Waals surface area (Å²) in [5.74, 6) is 2.35. The number of hydrogen-bond donors (Lipinski definition) is 1. The number of hydrogen-bond acceptors (Lipinski definition) is 4. The van der Waals surface area contributed by atoms with Gasteiger partial charge in [0, 0.05) is 43.6 Å². The van der Waals surface area contributed by atoms with Gasteiger partial charge in [-0.2, -0.15) is 0 Å². The van der Waals surface area contributed by atoms with Crippen molar-refractivity contribution in [1.82, 2.24) is 4.90 Å². The van der Waals surface area contributed by atoms with Crippen LogP contribution in [0.5, 0.6) is 17.2 Å². The van der Waals surface area contributed by atoms with Crippen LogP contribution in [0.3, 0.4) is 0 Å². The molecule has 1 N–H and O–H groups in total. The van der Waals surface area contributed by atoms with Crippen molar-refractivity contribution in [1.29, 1.82) is 0 Å². The molecule has 0 aliphatic carbocycles. The molecular formula is C24H25N3O3. The van der Waals surface area contributed by atoms with E-state index in [4.69, 9.17) is 9.47 Å². The Morgan fingerprint density at radius 3 is 2.17 bits per heavy atom. The summed E-state index contributed by atoms with van der Waals surface area (Å²) < 4.78 is 11.1. The number of piperazine rings is 1. The number of urea groups is 1. The quantitative estimate of drug-likeness (QED) is 0.662. The minimum absolute atomic E-state index is 0.0861. The topological polar surface area (TPSA) is 54.0 Å². The molecule has 3 aromatic carbocycles. The van der Waals surface area contributed by atoms with Crippen LogP contribution in [0.1, 0.15) is 0 Å². The summed E-state index contributed by atoms with van der Waals surface area (Å²) in [4.78, 5) is 16.7. The van der Waals surface area contributed by atoms with Crippen LogP contribution in [0.4, 0.5) is 16.2 Å². The van der Waals surface area contributed by atoms with Gasteiger partial charge in [-0.25, -0.2) is 4.79 Å². The first-order valence-corrected chi connectivity index (χ1v) is 9.99. The second-order valence-electron chi connectivity index (χ2n) is 7.05. The lowest BCUT2D eigenvalue weighted by Crippen LogP contribution is -2.50. The SMILES string of the molecule is COc1cccc(N2CCN(C(=O)Nc3ccc(Oc4ccccc4)cc3)CC2)c1. The number of anilines is 2. The van der Waals surface area contributed by atoms with E-state index in [2.05, 4.69) is 16.3 Å². The Bertz CT molecular complexity index is 969. The van der Waals surface area contributed by atoms with Gasteiger partial charge in [0.15, 0.2) is 0 Å². The molecule has 1 aliphatic rings. The monoisotopic (exact) mass is 403 g/mol. The maximum absolute atomic E-state index is 12.6. The van der Waals surface area contributed by atoms with Crippen molar-refractivity contribution in [2.75, 3.05) is 43.5 Å². The summed E-state index contributed by atoms with van der Waals surface area (Å²) in [7, 11) is 1.67. The average Bonchev–Trinajstić information content (AvgIpc) is 2.81. The molecule has 3 aromatic rings.